The van der Waals surface area contributed by atoms with Gasteiger partial charge in [-0.2, -0.15) is 5.10 Å². The minimum absolute atomic E-state index is 0.955. The largest absolute Gasteiger partial charge is 0.354 e. The Morgan fingerprint density at radius 2 is 1.30 bits per heavy atom. The summed E-state index contributed by atoms with van der Waals surface area (Å²) in [7, 11) is 0. The van der Waals surface area contributed by atoms with E-state index in [-0.39, 0.29) is 0 Å². The highest BCUT2D eigenvalue weighted by Crippen LogP contribution is 2.44. The molecule has 4 aromatic rings. The highest BCUT2D eigenvalue weighted by Gasteiger charge is 2.16. The lowest BCUT2D eigenvalue weighted by atomic mass is 10.1. The van der Waals surface area contributed by atoms with Crippen LogP contribution in [0.15, 0.2) is 118 Å². The molecule has 0 aliphatic carbocycles. The van der Waals surface area contributed by atoms with Crippen LogP contribution in [-0.4, -0.2) is 5.71 Å². The van der Waals surface area contributed by atoms with Crippen molar-refractivity contribution in [3.05, 3.63) is 109 Å². The van der Waals surface area contributed by atoms with Crippen molar-refractivity contribution in [3.8, 4) is 0 Å². The molecular weight excluding hydrogens is 386 g/mol. The highest BCUT2D eigenvalue weighted by molar-refractivity contribution is 7.99. The molecule has 0 atom stereocenters. The van der Waals surface area contributed by atoms with Gasteiger partial charge in [0.15, 0.2) is 0 Å². The van der Waals surface area contributed by atoms with Crippen molar-refractivity contribution in [2.75, 3.05) is 10.3 Å². The van der Waals surface area contributed by atoms with E-state index >= 15 is 0 Å². The SMILES string of the molecule is C/C(=N/N(c1ccccc1)c1ccccc1)c1ccc2c(c1)Nc1ccccc1S2. The Labute approximate surface area is 181 Å². The molecule has 0 saturated heterocycles. The number of para-hydroxylation sites is 3. The third-order valence-electron chi connectivity index (χ3n) is 5.03. The van der Waals surface area contributed by atoms with Crippen molar-refractivity contribution in [3.63, 3.8) is 0 Å². The molecule has 0 amide bonds. The summed E-state index contributed by atoms with van der Waals surface area (Å²) in [6, 6.07) is 35.4. The van der Waals surface area contributed by atoms with Gasteiger partial charge in [-0.1, -0.05) is 66.4 Å². The van der Waals surface area contributed by atoms with E-state index in [1.165, 1.54) is 9.79 Å². The number of nitrogens with zero attached hydrogens (tertiary/aromatic N) is 2. The van der Waals surface area contributed by atoms with Gasteiger partial charge in [0.2, 0.25) is 0 Å². The van der Waals surface area contributed by atoms with Crippen LogP contribution in [0.1, 0.15) is 12.5 Å². The van der Waals surface area contributed by atoms with Crippen molar-refractivity contribution in [1.82, 2.24) is 0 Å². The van der Waals surface area contributed by atoms with Gasteiger partial charge in [-0.3, -0.25) is 0 Å². The highest BCUT2D eigenvalue weighted by atomic mass is 32.2. The maximum Gasteiger partial charge on any atom is 0.0656 e. The fourth-order valence-corrected chi connectivity index (χ4v) is 4.44. The zero-order valence-corrected chi connectivity index (χ0v) is 17.4. The maximum atomic E-state index is 5.00. The first-order chi connectivity index (χ1) is 14.8. The first-order valence-corrected chi connectivity index (χ1v) is 10.7. The third-order valence-corrected chi connectivity index (χ3v) is 6.18. The second-order valence-corrected chi connectivity index (χ2v) is 8.19. The number of rotatable bonds is 4. The number of hydrogen-bond donors (Lipinski definition) is 1. The van der Waals surface area contributed by atoms with E-state index in [9.17, 15) is 0 Å². The lowest BCUT2D eigenvalue weighted by Crippen LogP contribution is -2.12. The Morgan fingerprint density at radius 3 is 2.00 bits per heavy atom. The van der Waals surface area contributed by atoms with Crippen LogP contribution in [0.25, 0.3) is 0 Å². The molecule has 5 rings (SSSR count). The fourth-order valence-electron chi connectivity index (χ4n) is 3.47. The topological polar surface area (TPSA) is 27.6 Å². The molecule has 1 aliphatic rings. The van der Waals surface area contributed by atoms with Crippen LogP contribution >= 0.6 is 11.8 Å². The molecule has 4 heteroatoms. The van der Waals surface area contributed by atoms with Gasteiger partial charge in [-0.05, 0) is 61.0 Å². The molecule has 0 unspecified atom stereocenters. The molecule has 1 heterocycles. The molecule has 0 fully saturated rings. The maximum absolute atomic E-state index is 5.00. The van der Waals surface area contributed by atoms with Gasteiger partial charge < -0.3 is 5.32 Å². The minimum Gasteiger partial charge on any atom is -0.354 e. The summed E-state index contributed by atoms with van der Waals surface area (Å²) in [6.07, 6.45) is 0. The van der Waals surface area contributed by atoms with Crippen molar-refractivity contribution in [1.29, 1.82) is 0 Å². The van der Waals surface area contributed by atoms with E-state index in [0.29, 0.717) is 0 Å². The number of benzene rings is 4. The number of nitrogens with one attached hydrogen (secondary N) is 1. The zero-order chi connectivity index (χ0) is 20.3. The monoisotopic (exact) mass is 407 g/mol. The van der Waals surface area contributed by atoms with Crippen LogP contribution in [0, 0.1) is 0 Å². The van der Waals surface area contributed by atoms with E-state index in [0.717, 1.165) is 34.0 Å². The lowest BCUT2D eigenvalue weighted by Gasteiger charge is -2.22. The number of hydrogen-bond acceptors (Lipinski definition) is 4. The van der Waals surface area contributed by atoms with E-state index in [2.05, 4.69) is 79.0 Å². The Morgan fingerprint density at radius 1 is 0.700 bits per heavy atom. The van der Waals surface area contributed by atoms with Crippen molar-refractivity contribution in [2.24, 2.45) is 5.10 Å². The number of hydrazone groups is 1. The average molecular weight is 408 g/mol. The van der Waals surface area contributed by atoms with Gasteiger partial charge in [-0.25, -0.2) is 5.01 Å². The molecule has 0 spiro atoms. The van der Waals surface area contributed by atoms with Crippen molar-refractivity contribution in [2.45, 2.75) is 16.7 Å². The zero-order valence-electron chi connectivity index (χ0n) is 16.6. The second-order valence-electron chi connectivity index (χ2n) is 7.10. The molecule has 146 valence electrons. The molecular formula is C26H21N3S. The van der Waals surface area contributed by atoms with E-state index in [4.69, 9.17) is 5.10 Å². The van der Waals surface area contributed by atoms with Crippen LogP contribution in [-0.2, 0) is 0 Å². The number of anilines is 4. The third kappa shape index (κ3) is 3.70. The molecule has 30 heavy (non-hydrogen) atoms. The summed E-state index contributed by atoms with van der Waals surface area (Å²) in [6.45, 7) is 2.06. The quantitative estimate of drug-likeness (QED) is 0.247. The lowest BCUT2D eigenvalue weighted by molar-refractivity contribution is 1.08. The Bertz CT molecular complexity index is 1160. The van der Waals surface area contributed by atoms with Crippen molar-refractivity contribution < 1.29 is 0 Å². The molecule has 0 radical (unpaired) electrons. The van der Waals surface area contributed by atoms with E-state index in [1.807, 2.05) is 41.4 Å². The van der Waals surface area contributed by atoms with Gasteiger partial charge in [0.1, 0.15) is 0 Å². The Hall–Kier alpha value is -3.50. The molecule has 0 aromatic heterocycles. The second kappa shape index (κ2) is 8.09. The van der Waals surface area contributed by atoms with Gasteiger partial charge >= 0.3 is 0 Å². The van der Waals surface area contributed by atoms with Gasteiger partial charge in [0, 0.05) is 9.79 Å². The van der Waals surface area contributed by atoms with Gasteiger partial charge in [0.05, 0.1) is 28.5 Å². The van der Waals surface area contributed by atoms with Gasteiger partial charge in [0.25, 0.3) is 0 Å². The Balaban J connectivity index is 1.51. The molecule has 0 saturated carbocycles. The molecule has 1 N–H and O–H groups in total. The number of fused-ring (bicyclic) bond motifs is 2. The summed E-state index contributed by atoms with van der Waals surface area (Å²) in [4.78, 5) is 2.48. The van der Waals surface area contributed by atoms with E-state index < -0.39 is 0 Å². The first kappa shape index (κ1) is 18.5. The minimum atomic E-state index is 0.955. The smallest absolute Gasteiger partial charge is 0.0656 e. The van der Waals surface area contributed by atoms with Crippen molar-refractivity contribution >= 4 is 40.2 Å². The molecule has 4 aromatic carbocycles. The summed E-state index contributed by atoms with van der Waals surface area (Å²) in [5.74, 6) is 0. The summed E-state index contributed by atoms with van der Waals surface area (Å²) in [5, 5.41) is 10.6. The summed E-state index contributed by atoms with van der Waals surface area (Å²) >= 11 is 1.80. The van der Waals surface area contributed by atoms with Crippen LogP contribution in [0.2, 0.25) is 0 Å². The predicted molar refractivity (Wildman–Crippen MR) is 128 cm³/mol. The standard InChI is InChI=1S/C26H21N3S/c1-19(28-29(21-10-4-2-5-11-21)22-12-6-3-7-13-22)20-16-17-26-24(18-20)27-23-14-8-9-15-25(23)30-26/h2-18,27H,1H3/b28-19-. The summed E-state index contributed by atoms with van der Waals surface area (Å²) in [5.41, 5.74) is 6.38. The van der Waals surface area contributed by atoms with Crippen LogP contribution < -0.4 is 10.3 Å². The first-order valence-electron chi connectivity index (χ1n) is 9.92. The molecule has 0 bridgehead atoms. The fraction of sp³-hybridized carbons (Fsp3) is 0.0385. The average Bonchev–Trinajstić information content (AvgIpc) is 2.81. The van der Waals surface area contributed by atoms with Crippen LogP contribution in [0.4, 0.5) is 22.7 Å². The predicted octanol–water partition coefficient (Wildman–Crippen LogP) is 7.46. The molecule has 3 nitrogen and oxygen atoms in total. The van der Waals surface area contributed by atoms with E-state index in [1.54, 1.807) is 11.8 Å². The van der Waals surface area contributed by atoms with Crippen LogP contribution in [0.3, 0.4) is 0 Å². The van der Waals surface area contributed by atoms with Crippen LogP contribution in [0.5, 0.6) is 0 Å². The van der Waals surface area contributed by atoms with Gasteiger partial charge in [-0.15, -0.1) is 0 Å². The Kier molecular flexibility index (Phi) is 4.99. The normalized spacial score (nSPS) is 12.5. The molecule has 1 aliphatic heterocycles. The summed E-state index contributed by atoms with van der Waals surface area (Å²) < 4.78 is 0.